The Bertz CT molecular complexity index is 1030. The Labute approximate surface area is 176 Å². The highest BCUT2D eigenvalue weighted by Crippen LogP contribution is 2.29. The van der Waals surface area contributed by atoms with Crippen LogP contribution in [-0.2, 0) is 19.5 Å². The average Bonchev–Trinajstić information content (AvgIpc) is 3.19. The number of nitrogens with one attached hydrogen (secondary N) is 1. The maximum absolute atomic E-state index is 13.1. The Hall–Kier alpha value is -1.94. The Kier molecular flexibility index (Phi) is 5.89. The molecule has 9 heteroatoms. The number of furan rings is 1. The molecule has 0 radical (unpaired) electrons. The lowest BCUT2D eigenvalue weighted by Crippen LogP contribution is -2.42. The summed E-state index contributed by atoms with van der Waals surface area (Å²) in [5.41, 5.74) is 2.64. The van der Waals surface area contributed by atoms with Gasteiger partial charge >= 0.3 is 0 Å². The summed E-state index contributed by atoms with van der Waals surface area (Å²) in [4.78, 5) is 14.8. The lowest BCUT2D eigenvalue weighted by atomic mass is 10.1. The average molecular weight is 437 g/mol. The molecule has 0 bridgehead atoms. The van der Waals surface area contributed by atoms with Crippen LogP contribution in [0.25, 0.3) is 11.0 Å². The van der Waals surface area contributed by atoms with Crippen LogP contribution in [0.3, 0.4) is 0 Å². The monoisotopic (exact) mass is 436 g/mol. The number of aryl methyl sites for hydroxylation is 2. The Morgan fingerprint density at radius 2 is 1.83 bits per heavy atom. The first-order valence-electron chi connectivity index (χ1n) is 10.3. The Balaban J connectivity index is 1.42. The van der Waals surface area contributed by atoms with E-state index in [2.05, 4.69) is 4.72 Å². The lowest BCUT2D eigenvalue weighted by molar-refractivity contribution is -0.00461. The maximum atomic E-state index is 13.1. The molecule has 2 saturated heterocycles. The van der Waals surface area contributed by atoms with E-state index in [1.807, 2.05) is 39.0 Å². The number of benzene rings is 1. The highest BCUT2D eigenvalue weighted by Gasteiger charge is 2.41. The van der Waals surface area contributed by atoms with Crippen molar-refractivity contribution < 1.29 is 27.1 Å². The minimum atomic E-state index is -3.34. The van der Waals surface area contributed by atoms with E-state index in [-0.39, 0.29) is 37.1 Å². The normalized spacial score (nSPS) is 23.0. The molecule has 0 unspecified atom stereocenters. The fourth-order valence-corrected chi connectivity index (χ4v) is 5.39. The predicted molar refractivity (Wildman–Crippen MR) is 112 cm³/mol. The fourth-order valence-electron chi connectivity index (χ4n) is 4.09. The van der Waals surface area contributed by atoms with Crippen molar-refractivity contribution in [1.29, 1.82) is 0 Å². The summed E-state index contributed by atoms with van der Waals surface area (Å²) in [6.45, 7) is 6.92. The van der Waals surface area contributed by atoms with Crippen molar-refractivity contribution in [3.05, 3.63) is 35.1 Å². The molecule has 2 aromatic rings. The van der Waals surface area contributed by atoms with Crippen LogP contribution in [0.2, 0.25) is 0 Å². The summed E-state index contributed by atoms with van der Waals surface area (Å²) in [7, 11) is -3.34. The first kappa shape index (κ1) is 21.3. The third-order valence-electron chi connectivity index (χ3n) is 5.63. The predicted octanol–water partition coefficient (Wildman–Crippen LogP) is 1.99. The highest BCUT2D eigenvalue weighted by atomic mass is 32.2. The third-order valence-corrected chi connectivity index (χ3v) is 7.27. The molecular formula is C21H28N2O6S. The first-order valence-corrected chi connectivity index (χ1v) is 11.9. The number of sulfonamides is 1. The molecule has 0 aliphatic carbocycles. The number of carbonyl (C=O) groups excluding carboxylic acids is 1. The smallest absolute Gasteiger partial charge is 0.290 e. The van der Waals surface area contributed by atoms with Gasteiger partial charge in [0.15, 0.2) is 5.76 Å². The number of hydrogen-bond acceptors (Lipinski definition) is 6. The topological polar surface area (TPSA) is 98.1 Å². The Morgan fingerprint density at radius 1 is 1.17 bits per heavy atom. The van der Waals surface area contributed by atoms with Crippen LogP contribution in [0.5, 0.6) is 0 Å². The van der Waals surface area contributed by atoms with Crippen molar-refractivity contribution in [3.8, 4) is 0 Å². The molecule has 0 spiro atoms. The van der Waals surface area contributed by atoms with Gasteiger partial charge in [0.1, 0.15) is 17.8 Å². The van der Waals surface area contributed by atoms with E-state index in [4.69, 9.17) is 13.9 Å². The van der Waals surface area contributed by atoms with Gasteiger partial charge in [-0.3, -0.25) is 4.79 Å². The summed E-state index contributed by atoms with van der Waals surface area (Å²) in [5, 5.41) is 0.946. The van der Waals surface area contributed by atoms with Crippen LogP contribution >= 0.6 is 0 Å². The van der Waals surface area contributed by atoms with E-state index in [0.29, 0.717) is 30.9 Å². The number of amides is 1. The van der Waals surface area contributed by atoms with Crippen LogP contribution in [0, 0.1) is 13.8 Å². The van der Waals surface area contributed by atoms with Gasteiger partial charge in [-0.25, -0.2) is 13.1 Å². The number of ether oxygens (including phenoxy) is 2. The second kappa shape index (κ2) is 8.30. The summed E-state index contributed by atoms with van der Waals surface area (Å²) < 4.78 is 44.3. The summed E-state index contributed by atoms with van der Waals surface area (Å²) in [6.07, 6.45) is -0.0320. The molecule has 164 valence electrons. The van der Waals surface area contributed by atoms with E-state index < -0.39 is 16.1 Å². The number of carbonyl (C=O) groups is 1. The summed E-state index contributed by atoms with van der Waals surface area (Å²) in [5.74, 6) is 0.244. The van der Waals surface area contributed by atoms with Crippen molar-refractivity contribution in [2.75, 3.05) is 32.1 Å². The minimum absolute atomic E-state index is 0.0784. The van der Waals surface area contributed by atoms with Crippen LogP contribution in [0.15, 0.2) is 22.6 Å². The molecule has 2 atom stereocenters. The van der Waals surface area contributed by atoms with Crippen molar-refractivity contribution in [2.45, 2.75) is 45.4 Å². The molecule has 1 aromatic heterocycles. The van der Waals surface area contributed by atoms with Gasteiger partial charge < -0.3 is 18.8 Å². The molecule has 0 saturated carbocycles. The molecule has 30 heavy (non-hydrogen) atoms. The SMILES string of the molecule is CCCS(=O)(=O)NC1CO[C@H]2CN(C(=O)c3oc4ccc(C)cc4c3C)C[C@@H]2OC1. The molecule has 3 heterocycles. The fraction of sp³-hybridized carbons (Fsp3) is 0.571. The molecule has 8 nitrogen and oxygen atoms in total. The van der Waals surface area contributed by atoms with Gasteiger partial charge in [0.2, 0.25) is 10.0 Å². The van der Waals surface area contributed by atoms with E-state index in [9.17, 15) is 13.2 Å². The molecule has 1 amide bonds. The maximum Gasteiger partial charge on any atom is 0.290 e. The van der Waals surface area contributed by atoms with E-state index in [1.54, 1.807) is 4.90 Å². The van der Waals surface area contributed by atoms with Gasteiger partial charge in [-0.05, 0) is 32.4 Å². The van der Waals surface area contributed by atoms with Gasteiger partial charge in [0.05, 0.1) is 38.1 Å². The van der Waals surface area contributed by atoms with Crippen molar-refractivity contribution in [1.82, 2.24) is 9.62 Å². The van der Waals surface area contributed by atoms with Crippen LogP contribution < -0.4 is 4.72 Å². The van der Waals surface area contributed by atoms with Crippen LogP contribution in [-0.4, -0.2) is 69.5 Å². The number of nitrogens with zero attached hydrogens (tertiary/aromatic N) is 1. The van der Waals surface area contributed by atoms with Crippen molar-refractivity contribution >= 4 is 26.9 Å². The van der Waals surface area contributed by atoms with Gasteiger partial charge in [0.25, 0.3) is 5.91 Å². The molecule has 1 N–H and O–H groups in total. The van der Waals surface area contributed by atoms with Gasteiger partial charge in [-0.1, -0.05) is 18.6 Å². The van der Waals surface area contributed by atoms with Crippen LogP contribution in [0.1, 0.15) is 35.0 Å². The Morgan fingerprint density at radius 3 is 2.47 bits per heavy atom. The molecule has 1 aromatic carbocycles. The molecule has 2 aliphatic rings. The minimum Gasteiger partial charge on any atom is -0.451 e. The van der Waals surface area contributed by atoms with Gasteiger partial charge in [-0.15, -0.1) is 0 Å². The molecule has 2 fully saturated rings. The van der Waals surface area contributed by atoms with Crippen molar-refractivity contribution in [2.24, 2.45) is 0 Å². The van der Waals surface area contributed by atoms with E-state index in [0.717, 1.165) is 16.5 Å². The number of rotatable bonds is 5. The quantitative estimate of drug-likeness (QED) is 0.770. The standard InChI is InChI=1S/C21H28N2O6S/c1-4-7-30(25,26)22-15-11-27-18-9-23(10-19(18)28-12-15)21(24)20-14(3)16-8-13(2)5-6-17(16)29-20/h5-6,8,15,18-19,22H,4,7,9-12H2,1-3H3/t18-,19-/m0/s1. The summed E-state index contributed by atoms with van der Waals surface area (Å²) >= 11 is 0. The van der Waals surface area contributed by atoms with E-state index in [1.165, 1.54) is 0 Å². The van der Waals surface area contributed by atoms with Crippen LogP contribution in [0.4, 0.5) is 0 Å². The molecule has 4 rings (SSSR count). The van der Waals surface area contributed by atoms with E-state index >= 15 is 0 Å². The zero-order chi connectivity index (χ0) is 21.5. The first-order chi connectivity index (χ1) is 14.3. The van der Waals surface area contributed by atoms with Gasteiger partial charge in [0, 0.05) is 10.9 Å². The number of hydrogen-bond donors (Lipinski definition) is 1. The van der Waals surface area contributed by atoms with Crippen molar-refractivity contribution in [3.63, 3.8) is 0 Å². The second-order valence-electron chi connectivity index (χ2n) is 8.14. The lowest BCUT2D eigenvalue weighted by Gasteiger charge is -2.19. The number of likely N-dealkylation sites (tertiary alicyclic amines) is 1. The molecule has 2 aliphatic heterocycles. The largest absolute Gasteiger partial charge is 0.451 e. The zero-order valence-corrected chi connectivity index (χ0v) is 18.3. The summed E-state index contributed by atoms with van der Waals surface area (Å²) in [6, 6.07) is 5.44. The third kappa shape index (κ3) is 4.25. The highest BCUT2D eigenvalue weighted by molar-refractivity contribution is 7.89. The van der Waals surface area contributed by atoms with Gasteiger partial charge in [-0.2, -0.15) is 0 Å². The zero-order valence-electron chi connectivity index (χ0n) is 17.5. The number of fused-ring (bicyclic) bond motifs is 2. The second-order valence-corrected chi connectivity index (χ2v) is 10.0. The molecular weight excluding hydrogens is 408 g/mol.